The average molecular weight is 387 g/mol. The lowest BCUT2D eigenvalue weighted by Gasteiger charge is -2.36. The van der Waals surface area contributed by atoms with Crippen LogP contribution in [-0.2, 0) is 9.53 Å². The predicted molar refractivity (Wildman–Crippen MR) is 107 cm³/mol. The molecule has 0 bridgehead atoms. The van der Waals surface area contributed by atoms with Crippen molar-refractivity contribution < 1.29 is 19.4 Å². The maximum atomic E-state index is 13.2. The monoisotopic (exact) mass is 387 g/mol. The van der Waals surface area contributed by atoms with Crippen molar-refractivity contribution in [2.24, 2.45) is 11.0 Å². The molecule has 0 aromatic heterocycles. The zero-order valence-corrected chi connectivity index (χ0v) is 17.0. The van der Waals surface area contributed by atoms with Gasteiger partial charge in [-0.3, -0.25) is 9.59 Å². The van der Waals surface area contributed by atoms with Gasteiger partial charge in [-0.25, -0.2) is 0 Å². The molecule has 2 atom stereocenters. The van der Waals surface area contributed by atoms with Crippen molar-refractivity contribution in [2.75, 3.05) is 24.8 Å². The third-order valence-electron chi connectivity index (χ3n) is 5.48. The maximum Gasteiger partial charge on any atom is 0.285 e. The first-order valence-electron chi connectivity index (χ1n) is 9.89. The third-order valence-corrected chi connectivity index (χ3v) is 5.48. The number of aliphatic hydroxyl groups is 1. The molecule has 0 aliphatic carbocycles. The fourth-order valence-corrected chi connectivity index (χ4v) is 3.79. The van der Waals surface area contributed by atoms with E-state index in [1.165, 1.54) is 5.01 Å². The number of amides is 2. The summed E-state index contributed by atoms with van der Waals surface area (Å²) in [6.45, 7) is 9.27. The Morgan fingerprint density at radius 3 is 2.82 bits per heavy atom. The van der Waals surface area contributed by atoms with Crippen molar-refractivity contribution in [1.29, 1.82) is 0 Å². The molecule has 3 rings (SSSR count). The molecular formula is C21H29N3O4. The lowest BCUT2D eigenvalue weighted by molar-refractivity contribution is -0.129. The standard InChI is InChI=1S/C21H29N3O4/c1-5-21(27)15(4)22-24(20(21)26)17-8-6-7-16(12-17)19(25)23-9-10-28-13-18(23)11-14(2)3/h6-8,12,14,18,27H,5,9-11,13H2,1-4H3/t18-,21+/m0/s1. The molecule has 1 fully saturated rings. The predicted octanol–water partition coefficient (Wildman–Crippen LogP) is 2.44. The molecule has 0 unspecified atom stereocenters. The molecule has 2 amide bonds. The van der Waals surface area contributed by atoms with Crippen LogP contribution in [0.1, 0.15) is 50.9 Å². The fraction of sp³-hybridized carbons (Fsp3) is 0.571. The van der Waals surface area contributed by atoms with Gasteiger partial charge in [0.25, 0.3) is 11.8 Å². The lowest BCUT2D eigenvalue weighted by atomic mass is 9.95. The van der Waals surface area contributed by atoms with Gasteiger partial charge in [0.05, 0.1) is 30.7 Å². The van der Waals surface area contributed by atoms with Crippen molar-refractivity contribution >= 4 is 23.2 Å². The average Bonchev–Trinajstić information content (AvgIpc) is 2.92. The summed E-state index contributed by atoms with van der Waals surface area (Å²) in [5.41, 5.74) is -0.233. The highest BCUT2D eigenvalue weighted by Gasteiger charge is 2.46. The Morgan fingerprint density at radius 2 is 2.18 bits per heavy atom. The molecule has 28 heavy (non-hydrogen) atoms. The van der Waals surface area contributed by atoms with E-state index in [0.29, 0.717) is 42.6 Å². The minimum atomic E-state index is -1.58. The molecule has 1 N–H and O–H groups in total. The highest BCUT2D eigenvalue weighted by Crippen LogP contribution is 2.30. The number of anilines is 1. The summed E-state index contributed by atoms with van der Waals surface area (Å²) in [6, 6.07) is 6.92. The van der Waals surface area contributed by atoms with E-state index in [9.17, 15) is 14.7 Å². The van der Waals surface area contributed by atoms with Crippen molar-refractivity contribution in [2.45, 2.75) is 52.2 Å². The summed E-state index contributed by atoms with van der Waals surface area (Å²) in [7, 11) is 0. The number of carbonyl (C=O) groups is 2. The molecular weight excluding hydrogens is 358 g/mol. The van der Waals surface area contributed by atoms with Crippen LogP contribution in [0.4, 0.5) is 5.69 Å². The zero-order chi connectivity index (χ0) is 20.5. The number of carbonyl (C=O) groups excluding carboxylic acids is 2. The van der Waals surface area contributed by atoms with E-state index in [0.717, 1.165) is 6.42 Å². The van der Waals surface area contributed by atoms with Crippen LogP contribution in [0.15, 0.2) is 29.4 Å². The SMILES string of the molecule is CC[C@]1(O)C(=O)N(c2cccc(C(=O)N3CCOC[C@@H]3CC(C)C)c2)N=C1C. The van der Waals surface area contributed by atoms with Gasteiger partial charge >= 0.3 is 0 Å². The Labute approximate surface area is 166 Å². The minimum Gasteiger partial charge on any atom is -0.377 e. The van der Waals surface area contributed by atoms with Crippen LogP contribution in [0, 0.1) is 5.92 Å². The van der Waals surface area contributed by atoms with Crippen LogP contribution < -0.4 is 5.01 Å². The van der Waals surface area contributed by atoms with E-state index < -0.39 is 11.5 Å². The molecule has 0 saturated carbocycles. The van der Waals surface area contributed by atoms with Crippen molar-refractivity contribution in [3.63, 3.8) is 0 Å². The summed E-state index contributed by atoms with van der Waals surface area (Å²) in [4.78, 5) is 27.7. The Bertz CT molecular complexity index is 792. The number of hydrogen-bond donors (Lipinski definition) is 1. The Morgan fingerprint density at radius 1 is 1.43 bits per heavy atom. The number of benzene rings is 1. The first-order chi connectivity index (χ1) is 13.3. The van der Waals surface area contributed by atoms with E-state index in [-0.39, 0.29) is 18.4 Å². The molecule has 2 aliphatic rings. The van der Waals surface area contributed by atoms with E-state index >= 15 is 0 Å². The van der Waals surface area contributed by atoms with Crippen molar-refractivity contribution in [1.82, 2.24) is 4.90 Å². The Kier molecular flexibility index (Phi) is 5.86. The van der Waals surface area contributed by atoms with E-state index in [1.807, 2.05) is 4.90 Å². The summed E-state index contributed by atoms with van der Waals surface area (Å²) < 4.78 is 5.57. The van der Waals surface area contributed by atoms with Gasteiger partial charge in [0, 0.05) is 12.1 Å². The molecule has 1 aromatic carbocycles. The van der Waals surface area contributed by atoms with Crippen LogP contribution in [-0.4, -0.2) is 58.9 Å². The number of hydrogen-bond acceptors (Lipinski definition) is 5. The largest absolute Gasteiger partial charge is 0.377 e. The van der Waals surface area contributed by atoms with Gasteiger partial charge in [-0.2, -0.15) is 10.1 Å². The lowest BCUT2D eigenvalue weighted by Crippen LogP contribution is -2.49. The van der Waals surface area contributed by atoms with Crippen LogP contribution >= 0.6 is 0 Å². The molecule has 152 valence electrons. The van der Waals surface area contributed by atoms with Gasteiger partial charge in [0.1, 0.15) is 0 Å². The second-order valence-electron chi connectivity index (χ2n) is 7.92. The van der Waals surface area contributed by atoms with Gasteiger partial charge < -0.3 is 14.7 Å². The van der Waals surface area contributed by atoms with Gasteiger partial charge in [0.15, 0.2) is 5.60 Å². The molecule has 2 heterocycles. The number of hydrazone groups is 1. The molecule has 7 heteroatoms. The zero-order valence-electron chi connectivity index (χ0n) is 17.0. The van der Waals surface area contributed by atoms with Gasteiger partial charge in [-0.05, 0) is 43.9 Å². The Balaban J connectivity index is 1.85. The van der Waals surface area contributed by atoms with Crippen LogP contribution in [0.5, 0.6) is 0 Å². The quantitative estimate of drug-likeness (QED) is 0.841. The van der Waals surface area contributed by atoms with Crippen LogP contribution in [0.25, 0.3) is 0 Å². The van der Waals surface area contributed by atoms with E-state index in [4.69, 9.17) is 4.74 Å². The second-order valence-corrected chi connectivity index (χ2v) is 7.92. The summed E-state index contributed by atoms with van der Waals surface area (Å²) in [5, 5.41) is 16.0. The molecule has 0 radical (unpaired) electrons. The van der Waals surface area contributed by atoms with Gasteiger partial charge in [-0.1, -0.05) is 26.8 Å². The summed E-state index contributed by atoms with van der Waals surface area (Å²) in [6.07, 6.45) is 1.13. The molecule has 0 spiro atoms. The molecule has 1 aromatic rings. The summed E-state index contributed by atoms with van der Waals surface area (Å²) >= 11 is 0. The highest BCUT2D eigenvalue weighted by atomic mass is 16.5. The van der Waals surface area contributed by atoms with E-state index in [1.54, 1.807) is 38.1 Å². The second kappa shape index (κ2) is 8.01. The first kappa shape index (κ1) is 20.5. The van der Waals surface area contributed by atoms with E-state index in [2.05, 4.69) is 18.9 Å². The normalized spacial score (nSPS) is 25.4. The number of rotatable bonds is 5. The van der Waals surface area contributed by atoms with Gasteiger partial charge in [-0.15, -0.1) is 0 Å². The highest BCUT2D eigenvalue weighted by molar-refractivity contribution is 6.21. The number of ether oxygens (including phenoxy) is 1. The fourth-order valence-electron chi connectivity index (χ4n) is 3.79. The minimum absolute atomic E-state index is 0.0452. The third kappa shape index (κ3) is 3.69. The molecule has 2 aliphatic heterocycles. The van der Waals surface area contributed by atoms with Crippen LogP contribution in [0.3, 0.4) is 0 Å². The smallest absolute Gasteiger partial charge is 0.285 e. The number of nitrogens with zero attached hydrogens (tertiary/aromatic N) is 3. The van der Waals surface area contributed by atoms with Gasteiger partial charge in [0.2, 0.25) is 0 Å². The summed E-state index contributed by atoms with van der Waals surface area (Å²) in [5.74, 6) is -0.102. The maximum absolute atomic E-state index is 13.2. The topological polar surface area (TPSA) is 82.4 Å². The first-order valence-corrected chi connectivity index (χ1v) is 9.89. The van der Waals surface area contributed by atoms with Crippen molar-refractivity contribution in [3.05, 3.63) is 29.8 Å². The van der Waals surface area contributed by atoms with Crippen molar-refractivity contribution in [3.8, 4) is 0 Å². The number of morpholine rings is 1. The Hall–Kier alpha value is -2.25. The van der Waals surface area contributed by atoms with Crippen LogP contribution in [0.2, 0.25) is 0 Å². The molecule has 1 saturated heterocycles. The molecule has 7 nitrogen and oxygen atoms in total.